The number of carbonyl (C=O) groups excluding carboxylic acids is 1. The molecule has 2 aliphatic rings. The Kier molecular flexibility index (Phi) is 3.54. The minimum absolute atomic E-state index is 0.0531. The number of fused-ring (bicyclic) bond motifs is 1. The number of ether oxygens (including phenoxy) is 2. The maximum absolute atomic E-state index is 12.8. The summed E-state index contributed by atoms with van der Waals surface area (Å²) in [5.74, 6) is 0.0531. The lowest BCUT2D eigenvalue weighted by Crippen LogP contribution is -2.67. The van der Waals surface area contributed by atoms with Crippen molar-refractivity contribution in [1.29, 1.82) is 0 Å². The highest BCUT2D eigenvalue weighted by atomic mass is 16.5. The summed E-state index contributed by atoms with van der Waals surface area (Å²) in [7, 11) is 1.74. The van der Waals surface area contributed by atoms with Gasteiger partial charge in [0, 0.05) is 31.7 Å². The fraction of sp³-hybridized carbons (Fsp3) is 0.444. The molecule has 4 rings (SSSR count). The van der Waals surface area contributed by atoms with Crippen molar-refractivity contribution < 1.29 is 14.3 Å². The number of aromatic nitrogens is 1. The first-order valence-electron chi connectivity index (χ1n) is 8.01. The molecule has 23 heavy (non-hydrogen) atoms. The van der Waals surface area contributed by atoms with Gasteiger partial charge in [-0.25, -0.2) is 0 Å². The van der Waals surface area contributed by atoms with Gasteiger partial charge in [0.05, 0.1) is 30.3 Å². The molecule has 1 unspecified atom stereocenters. The first kappa shape index (κ1) is 14.6. The molecular formula is C18H20N2O3. The molecular weight excluding hydrogens is 292 g/mol. The van der Waals surface area contributed by atoms with Gasteiger partial charge in [0.15, 0.2) is 0 Å². The third-order valence-corrected chi connectivity index (χ3v) is 4.91. The van der Waals surface area contributed by atoms with Gasteiger partial charge in [0.25, 0.3) is 5.91 Å². The van der Waals surface area contributed by atoms with Gasteiger partial charge < -0.3 is 14.4 Å². The number of pyridine rings is 1. The third kappa shape index (κ3) is 2.50. The van der Waals surface area contributed by atoms with Crippen LogP contribution in [0.2, 0.25) is 0 Å². The predicted molar refractivity (Wildman–Crippen MR) is 86.4 cm³/mol. The summed E-state index contributed by atoms with van der Waals surface area (Å²) in [4.78, 5) is 19.0. The van der Waals surface area contributed by atoms with Crippen LogP contribution in [0.15, 0.2) is 36.5 Å². The molecule has 5 heteroatoms. The smallest absolute Gasteiger partial charge is 0.254 e. The Bertz CT molecular complexity index is 735. The van der Waals surface area contributed by atoms with Crippen LogP contribution in [0.25, 0.3) is 10.9 Å². The molecule has 0 saturated carbocycles. The van der Waals surface area contributed by atoms with Gasteiger partial charge >= 0.3 is 0 Å². The molecule has 5 nitrogen and oxygen atoms in total. The van der Waals surface area contributed by atoms with Gasteiger partial charge in [0.1, 0.15) is 5.60 Å². The van der Waals surface area contributed by atoms with Crippen molar-refractivity contribution in [2.45, 2.75) is 24.5 Å². The Labute approximate surface area is 135 Å². The van der Waals surface area contributed by atoms with Crippen molar-refractivity contribution in [3.05, 3.63) is 42.1 Å². The van der Waals surface area contributed by atoms with Gasteiger partial charge in [-0.3, -0.25) is 9.78 Å². The second kappa shape index (κ2) is 5.58. The van der Waals surface area contributed by atoms with E-state index in [1.807, 2.05) is 29.2 Å². The number of likely N-dealkylation sites (tertiary alicyclic amines) is 1. The van der Waals surface area contributed by atoms with Crippen LogP contribution in [0.3, 0.4) is 0 Å². The molecule has 0 bridgehead atoms. The van der Waals surface area contributed by atoms with E-state index >= 15 is 0 Å². The molecule has 120 valence electrons. The number of rotatable bonds is 2. The van der Waals surface area contributed by atoms with E-state index in [0.29, 0.717) is 25.3 Å². The summed E-state index contributed by atoms with van der Waals surface area (Å²) in [5.41, 5.74) is 1.35. The molecule has 1 spiro atoms. The van der Waals surface area contributed by atoms with Crippen molar-refractivity contribution in [3.63, 3.8) is 0 Å². The number of amides is 1. The van der Waals surface area contributed by atoms with Gasteiger partial charge in [-0.15, -0.1) is 0 Å². The summed E-state index contributed by atoms with van der Waals surface area (Å²) in [5, 5.41) is 0.903. The standard InChI is InChI=1S/C18H20N2O3/c1-22-13-7-9-23-18(10-13)11-20(12-18)17(21)15-6-8-19-16-5-3-2-4-14(15)16/h2-6,8,13H,7,9-12H2,1H3. The highest BCUT2D eigenvalue weighted by Crippen LogP contribution is 2.36. The van der Waals surface area contributed by atoms with Gasteiger partial charge in [-0.1, -0.05) is 18.2 Å². The maximum atomic E-state index is 12.8. The van der Waals surface area contributed by atoms with Crippen LogP contribution in [-0.2, 0) is 9.47 Å². The van der Waals surface area contributed by atoms with Crippen molar-refractivity contribution >= 4 is 16.8 Å². The number of methoxy groups -OCH3 is 1. The van der Waals surface area contributed by atoms with Crippen LogP contribution in [-0.4, -0.2) is 54.3 Å². The number of para-hydroxylation sites is 1. The van der Waals surface area contributed by atoms with Crippen LogP contribution in [0, 0.1) is 0 Å². The summed E-state index contributed by atoms with van der Waals surface area (Å²) in [6.45, 7) is 1.99. The molecule has 1 atom stereocenters. The molecule has 0 N–H and O–H groups in total. The molecule has 0 aliphatic carbocycles. The highest BCUT2D eigenvalue weighted by Gasteiger charge is 2.49. The lowest BCUT2D eigenvalue weighted by Gasteiger charge is -2.52. The summed E-state index contributed by atoms with van der Waals surface area (Å²) in [6.07, 6.45) is 3.73. The van der Waals surface area contributed by atoms with Crippen molar-refractivity contribution in [2.75, 3.05) is 26.8 Å². The highest BCUT2D eigenvalue weighted by molar-refractivity contribution is 6.06. The predicted octanol–water partition coefficient (Wildman–Crippen LogP) is 2.25. The topological polar surface area (TPSA) is 51.7 Å². The van der Waals surface area contributed by atoms with E-state index in [2.05, 4.69) is 4.98 Å². The molecule has 2 aliphatic heterocycles. The molecule has 3 heterocycles. The average molecular weight is 312 g/mol. The number of hydrogen-bond donors (Lipinski definition) is 0. The van der Waals surface area contributed by atoms with E-state index in [4.69, 9.17) is 9.47 Å². The van der Waals surface area contributed by atoms with Crippen LogP contribution in [0.4, 0.5) is 0 Å². The fourth-order valence-electron chi connectivity index (χ4n) is 3.65. The minimum Gasteiger partial charge on any atom is -0.381 e. The van der Waals surface area contributed by atoms with Crippen LogP contribution < -0.4 is 0 Å². The molecule has 2 saturated heterocycles. The summed E-state index contributed by atoms with van der Waals surface area (Å²) >= 11 is 0. The average Bonchev–Trinajstić information content (AvgIpc) is 2.58. The SMILES string of the molecule is COC1CCOC2(C1)CN(C(=O)c1ccnc3ccccc13)C2. The third-order valence-electron chi connectivity index (χ3n) is 4.91. The first-order chi connectivity index (χ1) is 11.2. The molecule has 1 amide bonds. The van der Waals surface area contributed by atoms with E-state index in [9.17, 15) is 4.79 Å². The Morgan fingerprint density at radius 2 is 2.17 bits per heavy atom. The molecule has 0 radical (unpaired) electrons. The summed E-state index contributed by atoms with van der Waals surface area (Å²) in [6, 6.07) is 9.55. The number of nitrogens with zero attached hydrogens (tertiary/aromatic N) is 2. The quantitative estimate of drug-likeness (QED) is 0.853. The minimum atomic E-state index is -0.211. The zero-order valence-electron chi connectivity index (χ0n) is 13.2. The number of benzene rings is 1. The first-order valence-corrected chi connectivity index (χ1v) is 8.01. The Balaban J connectivity index is 1.53. The van der Waals surface area contributed by atoms with Crippen LogP contribution in [0.5, 0.6) is 0 Å². The Morgan fingerprint density at radius 3 is 3.00 bits per heavy atom. The largest absolute Gasteiger partial charge is 0.381 e. The zero-order chi connectivity index (χ0) is 15.9. The lowest BCUT2D eigenvalue weighted by molar-refractivity contribution is -0.181. The summed E-state index contributed by atoms with van der Waals surface area (Å²) < 4.78 is 11.4. The van der Waals surface area contributed by atoms with E-state index in [1.54, 1.807) is 19.4 Å². The van der Waals surface area contributed by atoms with E-state index in [0.717, 1.165) is 23.7 Å². The van der Waals surface area contributed by atoms with Crippen molar-refractivity contribution in [2.24, 2.45) is 0 Å². The van der Waals surface area contributed by atoms with E-state index in [1.165, 1.54) is 0 Å². The normalized spacial score (nSPS) is 23.0. The Morgan fingerprint density at radius 1 is 1.35 bits per heavy atom. The van der Waals surface area contributed by atoms with E-state index < -0.39 is 0 Å². The van der Waals surface area contributed by atoms with Crippen molar-refractivity contribution in [1.82, 2.24) is 9.88 Å². The fourth-order valence-corrected chi connectivity index (χ4v) is 3.65. The van der Waals surface area contributed by atoms with E-state index in [-0.39, 0.29) is 17.6 Å². The van der Waals surface area contributed by atoms with Crippen LogP contribution >= 0.6 is 0 Å². The number of hydrogen-bond acceptors (Lipinski definition) is 4. The molecule has 2 fully saturated rings. The van der Waals surface area contributed by atoms with Crippen molar-refractivity contribution in [3.8, 4) is 0 Å². The molecule has 2 aromatic rings. The van der Waals surface area contributed by atoms with Gasteiger partial charge in [0.2, 0.25) is 0 Å². The molecule has 1 aromatic heterocycles. The second-order valence-corrected chi connectivity index (χ2v) is 6.42. The van der Waals surface area contributed by atoms with Gasteiger partial charge in [-0.05, 0) is 18.6 Å². The van der Waals surface area contributed by atoms with Gasteiger partial charge in [-0.2, -0.15) is 0 Å². The monoisotopic (exact) mass is 312 g/mol. The molecule has 1 aromatic carbocycles. The number of carbonyl (C=O) groups is 1. The Hall–Kier alpha value is -1.98. The maximum Gasteiger partial charge on any atom is 0.254 e. The second-order valence-electron chi connectivity index (χ2n) is 6.42. The van der Waals surface area contributed by atoms with Crippen LogP contribution in [0.1, 0.15) is 23.2 Å². The zero-order valence-corrected chi connectivity index (χ0v) is 13.2. The lowest BCUT2D eigenvalue weighted by atomic mass is 9.84.